The van der Waals surface area contributed by atoms with Crippen LogP contribution < -0.4 is 20.7 Å². The van der Waals surface area contributed by atoms with Crippen molar-refractivity contribution in [3.05, 3.63) is 59.2 Å². The summed E-state index contributed by atoms with van der Waals surface area (Å²) in [6, 6.07) is 11.9. The lowest BCUT2D eigenvalue weighted by molar-refractivity contribution is -0.135. The summed E-state index contributed by atoms with van der Waals surface area (Å²) in [5.74, 6) is -1.14. The van der Waals surface area contributed by atoms with Crippen LogP contribution in [-0.4, -0.2) is 48.9 Å². The number of methoxy groups -OCH3 is 1. The number of hydrogen-bond donors (Lipinski definition) is 3. The minimum atomic E-state index is -1.26. The van der Waals surface area contributed by atoms with Crippen molar-refractivity contribution in [2.75, 3.05) is 25.5 Å². The molecule has 1 aliphatic rings. The van der Waals surface area contributed by atoms with Gasteiger partial charge in [0.15, 0.2) is 0 Å². The predicted molar refractivity (Wildman–Crippen MR) is 118 cm³/mol. The topological polar surface area (TPSA) is 117 Å². The third-order valence-electron chi connectivity index (χ3n) is 5.34. The van der Waals surface area contributed by atoms with Crippen LogP contribution in [0.1, 0.15) is 23.6 Å². The number of urea groups is 1. The van der Waals surface area contributed by atoms with Gasteiger partial charge in [-0.3, -0.25) is 19.3 Å². The number of imide groups is 1. The summed E-state index contributed by atoms with van der Waals surface area (Å²) < 4.78 is 5.21. The van der Waals surface area contributed by atoms with Gasteiger partial charge in [-0.05, 0) is 49.6 Å². The zero-order chi connectivity index (χ0) is 23.5. The summed E-state index contributed by atoms with van der Waals surface area (Å²) in [4.78, 5) is 50.8. The maximum absolute atomic E-state index is 13.0. The fourth-order valence-electron chi connectivity index (χ4n) is 3.65. The van der Waals surface area contributed by atoms with Crippen LogP contribution in [0.5, 0.6) is 5.75 Å². The van der Waals surface area contributed by atoms with E-state index < -0.39 is 35.8 Å². The number of hydrogen-bond acceptors (Lipinski definition) is 5. The monoisotopic (exact) mass is 438 g/mol. The van der Waals surface area contributed by atoms with Gasteiger partial charge >= 0.3 is 6.03 Å². The van der Waals surface area contributed by atoms with E-state index in [4.69, 9.17) is 4.74 Å². The lowest BCUT2D eigenvalue weighted by Crippen LogP contribution is -2.44. The van der Waals surface area contributed by atoms with Gasteiger partial charge in [-0.15, -0.1) is 0 Å². The lowest BCUT2D eigenvalue weighted by atomic mass is 9.88. The maximum Gasteiger partial charge on any atom is 0.325 e. The van der Waals surface area contributed by atoms with Crippen molar-refractivity contribution in [3.8, 4) is 5.75 Å². The highest BCUT2D eigenvalue weighted by molar-refractivity contribution is 6.09. The first-order valence-electron chi connectivity index (χ1n) is 10.1. The molecule has 9 heteroatoms. The number of rotatable bonds is 7. The summed E-state index contributed by atoms with van der Waals surface area (Å²) in [6.07, 6.45) is 0. The summed E-state index contributed by atoms with van der Waals surface area (Å²) in [7, 11) is 1.49. The van der Waals surface area contributed by atoms with Crippen LogP contribution in [0.3, 0.4) is 0 Å². The normalized spacial score (nSPS) is 17.7. The SMILES string of the molecule is COc1ccc(C)cc1NC(=O)CNC(=O)CN1C(=O)NC(C)(c2ccccc2C)C1=O. The maximum atomic E-state index is 13.0. The second-order valence-electron chi connectivity index (χ2n) is 7.79. The zero-order valence-electron chi connectivity index (χ0n) is 18.4. The highest BCUT2D eigenvalue weighted by Gasteiger charge is 2.49. The van der Waals surface area contributed by atoms with Gasteiger partial charge in [-0.25, -0.2) is 4.79 Å². The molecule has 1 atom stereocenters. The molecule has 1 saturated heterocycles. The summed E-state index contributed by atoms with van der Waals surface area (Å²) in [5.41, 5.74) is 1.66. The van der Waals surface area contributed by atoms with Gasteiger partial charge in [0.2, 0.25) is 11.8 Å². The third-order valence-corrected chi connectivity index (χ3v) is 5.34. The quantitative estimate of drug-likeness (QED) is 0.571. The predicted octanol–water partition coefficient (Wildman–Crippen LogP) is 1.83. The highest BCUT2D eigenvalue weighted by Crippen LogP contribution is 2.30. The van der Waals surface area contributed by atoms with Crippen LogP contribution in [0.2, 0.25) is 0 Å². The standard InChI is InChI=1S/C23H26N4O5/c1-14-9-10-18(32-4)17(11-14)25-19(28)12-24-20(29)13-27-21(30)23(3,26-22(27)31)16-8-6-5-7-15(16)2/h5-11H,12-13H2,1-4H3,(H,24,29)(H,25,28)(H,26,31). The van der Waals surface area contributed by atoms with E-state index in [0.29, 0.717) is 17.0 Å². The minimum absolute atomic E-state index is 0.325. The number of benzene rings is 2. The summed E-state index contributed by atoms with van der Waals surface area (Å²) in [6.45, 7) is 4.51. The van der Waals surface area contributed by atoms with Gasteiger partial charge in [0, 0.05) is 0 Å². The smallest absolute Gasteiger partial charge is 0.325 e. The largest absolute Gasteiger partial charge is 0.495 e. The van der Waals surface area contributed by atoms with Gasteiger partial charge in [0.1, 0.15) is 17.8 Å². The Bertz CT molecular complexity index is 1080. The van der Waals surface area contributed by atoms with E-state index in [-0.39, 0.29) is 6.54 Å². The van der Waals surface area contributed by atoms with E-state index in [9.17, 15) is 19.2 Å². The van der Waals surface area contributed by atoms with Gasteiger partial charge in [-0.1, -0.05) is 30.3 Å². The Balaban J connectivity index is 1.60. The van der Waals surface area contributed by atoms with Gasteiger partial charge in [0.05, 0.1) is 19.3 Å². The first-order valence-corrected chi connectivity index (χ1v) is 10.1. The molecule has 0 aromatic heterocycles. The van der Waals surface area contributed by atoms with Gasteiger partial charge in [-0.2, -0.15) is 0 Å². The Morgan fingerprint density at radius 2 is 1.81 bits per heavy atom. The number of anilines is 1. The van der Waals surface area contributed by atoms with Crippen LogP contribution in [0.15, 0.2) is 42.5 Å². The average molecular weight is 438 g/mol. The molecule has 0 spiro atoms. The average Bonchev–Trinajstić information content (AvgIpc) is 2.96. The van der Waals surface area contributed by atoms with Crippen LogP contribution >= 0.6 is 0 Å². The molecule has 32 heavy (non-hydrogen) atoms. The van der Waals surface area contributed by atoms with E-state index in [1.807, 2.05) is 32.0 Å². The van der Waals surface area contributed by atoms with Crippen LogP contribution in [-0.2, 0) is 19.9 Å². The molecule has 1 heterocycles. The Morgan fingerprint density at radius 3 is 2.50 bits per heavy atom. The van der Waals surface area contributed by atoms with Crippen molar-refractivity contribution in [2.24, 2.45) is 0 Å². The van der Waals surface area contributed by atoms with E-state index >= 15 is 0 Å². The first-order chi connectivity index (χ1) is 15.2. The number of ether oxygens (including phenoxy) is 1. The Kier molecular flexibility index (Phi) is 6.47. The Hall–Kier alpha value is -3.88. The third kappa shape index (κ3) is 4.56. The molecule has 5 amide bonds. The molecule has 2 aromatic rings. The number of nitrogens with zero attached hydrogens (tertiary/aromatic N) is 1. The number of carbonyl (C=O) groups excluding carboxylic acids is 4. The molecular weight excluding hydrogens is 412 g/mol. The Morgan fingerprint density at radius 1 is 1.09 bits per heavy atom. The molecule has 0 saturated carbocycles. The van der Waals surface area contributed by atoms with E-state index in [0.717, 1.165) is 16.0 Å². The first kappa shape index (κ1) is 22.8. The second kappa shape index (κ2) is 9.09. The molecule has 2 aromatic carbocycles. The number of carbonyl (C=O) groups is 4. The van der Waals surface area contributed by atoms with Crippen molar-refractivity contribution < 1.29 is 23.9 Å². The number of amides is 5. The Labute approximate surface area is 186 Å². The van der Waals surface area contributed by atoms with Gasteiger partial charge < -0.3 is 20.7 Å². The number of aryl methyl sites for hydroxylation is 2. The van der Waals surface area contributed by atoms with E-state index in [1.54, 1.807) is 31.2 Å². The fraction of sp³-hybridized carbons (Fsp3) is 0.304. The molecule has 0 radical (unpaired) electrons. The second-order valence-corrected chi connectivity index (χ2v) is 7.79. The van der Waals surface area contributed by atoms with Crippen molar-refractivity contribution in [1.29, 1.82) is 0 Å². The van der Waals surface area contributed by atoms with Crippen molar-refractivity contribution in [1.82, 2.24) is 15.5 Å². The zero-order valence-corrected chi connectivity index (χ0v) is 18.4. The van der Waals surface area contributed by atoms with Gasteiger partial charge in [0.25, 0.3) is 5.91 Å². The molecule has 3 rings (SSSR count). The molecular formula is C23H26N4O5. The molecule has 1 fully saturated rings. The molecule has 0 aliphatic carbocycles. The minimum Gasteiger partial charge on any atom is -0.495 e. The van der Waals surface area contributed by atoms with E-state index in [1.165, 1.54) is 7.11 Å². The molecule has 3 N–H and O–H groups in total. The molecule has 1 aliphatic heterocycles. The molecule has 1 unspecified atom stereocenters. The lowest BCUT2D eigenvalue weighted by Gasteiger charge is -2.24. The molecule has 168 valence electrons. The van der Waals surface area contributed by atoms with Crippen LogP contribution in [0, 0.1) is 13.8 Å². The van der Waals surface area contributed by atoms with Crippen molar-refractivity contribution >= 4 is 29.4 Å². The van der Waals surface area contributed by atoms with E-state index in [2.05, 4.69) is 16.0 Å². The van der Waals surface area contributed by atoms with Crippen molar-refractivity contribution in [3.63, 3.8) is 0 Å². The van der Waals surface area contributed by atoms with Crippen LogP contribution in [0.25, 0.3) is 0 Å². The molecule has 9 nitrogen and oxygen atoms in total. The van der Waals surface area contributed by atoms with Crippen LogP contribution in [0.4, 0.5) is 10.5 Å². The molecule has 0 bridgehead atoms. The summed E-state index contributed by atoms with van der Waals surface area (Å²) in [5, 5.41) is 7.78. The number of nitrogens with one attached hydrogen (secondary N) is 3. The summed E-state index contributed by atoms with van der Waals surface area (Å²) >= 11 is 0. The fourth-order valence-corrected chi connectivity index (χ4v) is 3.65. The van der Waals surface area contributed by atoms with Crippen molar-refractivity contribution in [2.45, 2.75) is 26.3 Å². The highest BCUT2D eigenvalue weighted by atomic mass is 16.5.